The van der Waals surface area contributed by atoms with Gasteiger partial charge in [-0.25, -0.2) is 9.37 Å². The Morgan fingerprint density at radius 1 is 1.18 bits per heavy atom. The second kappa shape index (κ2) is 4.61. The number of nitrogens with zero attached hydrogens (tertiary/aromatic N) is 1. The number of pyridine rings is 1. The van der Waals surface area contributed by atoms with E-state index in [1.54, 1.807) is 24.3 Å². The minimum atomic E-state index is -0.449. The first-order valence-electron chi connectivity index (χ1n) is 4.93. The van der Waals surface area contributed by atoms with Crippen LogP contribution in [0, 0.1) is 5.82 Å². The van der Waals surface area contributed by atoms with Gasteiger partial charge in [-0.1, -0.05) is 0 Å². The van der Waals surface area contributed by atoms with Crippen LogP contribution in [0.4, 0.5) is 15.9 Å². The maximum atomic E-state index is 12.6. The fraction of sp³-hybridized carbons (Fsp3) is 0. The SMILES string of the molecule is Nc1ccc(C(=O)Nc2ccc(F)cn2)cc1. The quantitative estimate of drug-likeness (QED) is 0.777. The van der Waals surface area contributed by atoms with Crippen LogP contribution in [-0.2, 0) is 0 Å². The molecule has 2 rings (SSSR count). The lowest BCUT2D eigenvalue weighted by Crippen LogP contribution is -2.12. The van der Waals surface area contributed by atoms with Crippen LogP contribution in [0.5, 0.6) is 0 Å². The topological polar surface area (TPSA) is 68.0 Å². The fourth-order valence-electron chi connectivity index (χ4n) is 1.27. The average Bonchev–Trinajstić information content (AvgIpc) is 2.33. The van der Waals surface area contributed by atoms with Crippen molar-refractivity contribution in [3.63, 3.8) is 0 Å². The molecule has 4 nitrogen and oxygen atoms in total. The predicted molar refractivity (Wildman–Crippen MR) is 63.0 cm³/mol. The monoisotopic (exact) mass is 231 g/mol. The smallest absolute Gasteiger partial charge is 0.256 e. The van der Waals surface area contributed by atoms with Gasteiger partial charge in [-0.05, 0) is 36.4 Å². The number of nitrogen functional groups attached to an aromatic ring is 1. The minimum Gasteiger partial charge on any atom is -0.399 e. The summed E-state index contributed by atoms with van der Waals surface area (Å²) < 4.78 is 12.6. The lowest BCUT2D eigenvalue weighted by molar-refractivity contribution is 0.102. The first-order valence-corrected chi connectivity index (χ1v) is 4.93. The van der Waals surface area contributed by atoms with Crippen molar-refractivity contribution in [2.45, 2.75) is 0 Å². The number of nitrogens with two attached hydrogens (primary N) is 1. The molecule has 2 aromatic rings. The summed E-state index contributed by atoms with van der Waals surface area (Å²) in [5.74, 6) is -0.465. The van der Waals surface area contributed by atoms with Crippen molar-refractivity contribution >= 4 is 17.4 Å². The number of aromatic nitrogens is 1. The van der Waals surface area contributed by atoms with Gasteiger partial charge in [-0.2, -0.15) is 0 Å². The number of nitrogens with one attached hydrogen (secondary N) is 1. The van der Waals surface area contributed by atoms with E-state index in [4.69, 9.17) is 5.73 Å². The highest BCUT2D eigenvalue weighted by Gasteiger charge is 2.06. The van der Waals surface area contributed by atoms with Gasteiger partial charge in [0, 0.05) is 11.3 Å². The zero-order valence-corrected chi connectivity index (χ0v) is 8.85. The average molecular weight is 231 g/mol. The normalized spacial score (nSPS) is 9.94. The molecule has 0 saturated carbocycles. The molecule has 0 unspecified atom stereocenters. The Hall–Kier alpha value is -2.43. The molecule has 1 aromatic heterocycles. The number of amides is 1. The fourth-order valence-corrected chi connectivity index (χ4v) is 1.27. The van der Waals surface area contributed by atoms with Gasteiger partial charge >= 0.3 is 0 Å². The van der Waals surface area contributed by atoms with Crippen molar-refractivity contribution in [1.82, 2.24) is 4.98 Å². The van der Waals surface area contributed by atoms with E-state index in [2.05, 4.69) is 10.3 Å². The Morgan fingerprint density at radius 2 is 1.88 bits per heavy atom. The molecule has 0 spiro atoms. The van der Waals surface area contributed by atoms with Crippen molar-refractivity contribution in [2.75, 3.05) is 11.1 Å². The zero-order chi connectivity index (χ0) is 12.3. The molecule has 0 bridgehead atoms. The molecule has 0 radical (unpaired) electrons. The Morgan fingerprint density at radius 3 is 2.47 bits per heavy atom. The van der Waals surface area contributed by atoms with E-state index in [9.17, 15) is 9.18 Å². The number of carbonyl (C=O) groups excluding carboxylic acids is 1. The van der Waals surface area contributed by atoms with Crippen LogP contribution in [0.15, 0.2) is 42.6 Å². The Bertz CT molecular complexity index is 522. The van der Waals surface area contributed by atoms with E-state index in [1.165, 1.54) is 12.1 Å². The number of hydrogen-bond donors (Lipinski definition) is 2. The number of anilines is 2. The molecule has 5 heteroatoms. The Labute approximate surface area is 97.3 Å². The Balaban J connectivity index is 2.11. The summed E-state index contributed by atoms with van der Waals surface area (Å²) in [7, 11) is 0. The summed E-state index contributed by atoms with van der Waals surface area (Å²) >= 11 is 0. The van der Waals surface area contributed by atoms with Crippen LogP contribution in [0.3, 0.4) is 0 Å². The van der Waals surface area contributed by atoms with Crippen LogP contribution in [0.2, 0.25) is 0 Å². The molecule has 17 heavy (non-hydrogen) atoms. The summed E-state index contributed by atoms with van der Waals surface area (Å²) in [6.45, 7) is 0. The van der Waals surface area contributed by atoms with E-state index in [1.807, 2.05) is 0 Å². The van der Waals surface area contributed by atoms with E-state index in [-0.39, 0.29) is 5.91 Å². The largest absolute Gasteiger partial charge is 0.399 e. The molecular weight excluding hydrogens is 221 g/mol. The van der Waals surface area contributed by atoms with Gasteiger partial charge in [0.1, 0.15) is 11.6 Å². The van der Waals surface area contributed by atoms with Crippen LogP contribution in [0.1, 0.15) is 10.4 Å². The van der Waals surface area contributed by atoms with Gasteiger partial charge in [0.15, 0.2) is 0 Å². The Kier molecular flexibility index (Phi) is 3.00. The maximum absolute atomic E-state index is 12.6. The van der Waals surface area contributed by atoms with Crippen molar-refractivity contribution in [3.05, 3.63) is 54.0 Å². The number of carbonyl (C=O) groups is 1. The molecule has 86 valence electrons. The molecule has 1 heterocycles. The van der Waals surface area contributed by atoms with Gasteiger partial charge in [0.2, 0.25) is 0 Å². The zero-order valence-electron chi connectivity index (χ0n) is 8.85. The van der Waals surface area contributed by atoms with Crippen molar-refractivity contribution in [1.29, 1.82) is 0 Å². The summed E-state index contributed by atoms with van der Waals surface area (Å²) in [4.78, 5) is 15.5. The van der Waals surface area contributed by atoms with Crippen molar-refractivity contribution in [3.8, 4) is 0 Å². The van der Waals surface area contributed by atoms with E-state index < -0.39 is 5.82 Å². The van der Waals surface area contributed by atoms with Gasteiger partial charge in [0.05, 0.1) is 6.20 Å². The second-order valence-corrected chi connectivity index (χ2v) is 3.44. The van der Waals surface area contributed by atoms with Crippen LogP contribution in [0.25, 0.3) is 0 Å². The van der Waals surface area contributed by atoms with E-state index in [0.29, 0.717) is 17.1 Å². The summed E-state index contributed by atoms with van der Waals surface area (Å²) in [5.41, 5.74) is 6.56. The van der Waals surface area contributed by atoms with Crippen LogP contribution >= 0.6 is 0 Å². The van der Waals surface area contributed by atoms with Gasteiger partial charge < -0.3 is 11.1 Å². The third-order valence-electron chi connectivity index (χ3n) is 2.14. The number of halogens is 1. The third kappa shape index (κ3) is 2.78. The van der Waals surface area contributed by atoms with Gasteiger partial charge in [0.25, 0.3) is 5.91 Å². The summed E-state index contributed by atoms with van der Waals surface area (Å²) in [5, 5.41) is 2.55. The van der Waals surface area contributed by atoms with Crippen LogP contribution < -0.4 is 11.1 Å². The number of hydrogen-bond acceptors (Lipinski definition) is 3. The molecule has 0 atom stereocenters. The minimum absolute atomic E-state index is 0.299. The maximum Gasteiger partial charge on any atom is 0.256 e. The number of benzene rings is 1. The molecule has 0 aliphatic rings. The molecule has 0 aliphatic heterocycles. The molecule has 1 aromatic carbocycles. The predicted octanol–water partition coefficient (Wildman–Crippen LogP) is 2.06. The molecule has 0 fully saturated rings. The second-order valence-electron chi connectivity index (χ2n) is 3.44. The first kappa shape index (κ1) is 11.1. The highest BCUT2D eigenvalue weighted by atomic mass is 19.1. The van der Waals surface area contributed by atoms with E-state index in [0.717, 1.165) is 6.20 Å². The summed E-state index contributed by atoms with van der Waals surface area (Å²) in [6.07, 6.45) is 1.04. The van der Waals surface area contributed by atoms with Crippen molar-refractivity contribution in [2.24, 2.45) is 0 Å². The molecule has 3 N–H and O–H groups in total. The highest BCUT2D eigenvalue weighted by molar-refractivity contribution is 6.03. The van der Waals surface area contributed by atoms with Gasteiger partial charge in [-0.15, -0.1) is 0 Å². The van der Waals surface area contributed by atoms with Gasteiger partial charge in [-0.3, -0.25) is 4.79 Å². The molecular formula is C12H10FN3O. The lowest BCUT2D eigenvalue weighted by Gasteiger charge is -2.04. The standard InChI is InChI=1S/C12H10FN3O/c13-9-3-6-11(15-7-9)16-12(17)8-1-4-10(14)5-2-8/h1-7H,14H2,(H,15,16,17). The summed E-state index contributed by atoms with van der Waals surface area (Å²) in [6, 6.07) is 9.10. The lowest BCUT2D eigenvalue weighted by atomic mass is 10.2. The van der Waals surface area contributed by atoms with Crippen molar-refractivity contribution < 1.29 is 9.18 Å². The number of rotatable bonds is 2. The molecule has 1 amide bonds. The molecule has 0 saturated heterocycles. The third-order valence-corrected chi connectivity index (χ3v) is 2.14. The highest BCUT2D eigenvalue weighted by Crippen LogP contribution is 2.09. The van der Waals surface area contributed by atoms with Crippen LogP contribution in [-0.4, -0.2) is 10.9 Å². The van der Waals surface area contributed by atoms with E-state index >= 15 is 0 Å². The first-order chi connectivity index (χ1) is 8.15. The molecule has 0 aliphatic carbocycles.